The van der Waals surface area contributed by atoms with E-state index >= 15 is 0 Å². The molecule has 0 fully saturated rings. The van der Waals surface area contributed by atoms with Crippen molar-refractivity contribution in [1.29, 1.82) is 0 Å². The number of fused-ring (bicyclic) bond motifs is 4. The van der Waals surface area contributed by atoms with Gasteiger partial charge in [0, 0.05) is 40.8 Å². The Hall–Kier alpha value is -2.85. The zero-order valence-corrected chi connectivity index (χ0v) is 17.3. The fourth-order valence-electron chi connectivity index (χ4n) is 4.97. The summed E-state index contributed by atoms with van der Waals surface area (Å²) < 4.78 is 0. The molecule has 4 heteroatoms. The minimum Gasteiger partial charge on any atom is -0.357 e. The van der Waals surface area contributed by atoms with Crippen LogP contribution < -0.4 is 5.56 Å². The molecular formula is C25H27N3O. The van der Waals surface area contributed by atoms with Gasteiger partial charge in [0.25, 0.3) is 5.56 Å². The lowest BCUT2D eigenvalue weighted by molar-refractivity contribution is 0.0790. The molecule has 0 unspecified atom stereocenters. The second-order valence-corrected chi connectivity index (χ2v) is 9.26. The van der Waals surface area contributed by atoms with Gasteiger partial charge in [0.1, 0.15) is 0 Å². The van der Waals surface area contributed by atoms with Crippen molar-refractivity contribution in [2.24, 2.45) is 5.41 Å². The summed E-state index contributed by atoms with van der Waals surface area (Å²) in [5.74, 6) is 0. The first-order valence-corrected chi connectivity index (χ1v) is 10.4. The maximum Gasteiger partial charge on any atom is 0.252 e. The predicted molar refractivity (Wildman–Crippen MR) is 119 cm³/mol. The van der Waals surface area contributed by atoms with Gasteiger partial charge in [-0.15, -0.1) is 0 Å². The molecule has 4 nitrogen and oxygen atoms in total. The van der Waals surface area contributed by atoms with Crippen LogP contribution in [0.3, 0.4) is 0 Å². The van der Waals surface area contributed by atoms with E-state index in [0.717, 1.165) is 29.4 Å². The Kier molecular flexibility index (Phi) is 4.14. The van der Waals surface area contributed by atoms with Gasteiger partial charge >= 0.3 is 0 Å². The summed E-state index contributed by atoms with van der Waals surface area (Å²) in [7, 11) is 0. The van der Waals surface area contributed by atoms with Crippen LogP contribution in [0, 0.1) is 5.41 Å². The molecular weight excluding hydrogens is 358 g/mol. The van der Waals surface area contributed by atoms with Gasteiger partial charge in [0.2, 0.25) is 0 Å². The molecule has 5 rings (SSSR count). The predicted octanol–water partition coefficient (Wildman–Crippen LogP) is 5.15. The van der Waals surface area contributed by atoms with E-state index in [1.807, 2.05) is 18.2 Å². The lowest BCUT2D eigenvalue weighted by Gasteiger charge is -2.43. The quantitative estimate of drug-likeness (QED) is 0.501. The fraction of sp³-hybridized carbons (Fsp3) is 0.320. The van der Waals surface area contributed by atoms with Gasteiger partial charge in [-0.1, -0.05) is 57.2 Å². The van der Waals surface area contributed by atoms with E-state index in [9.17, 15) is 4.79 Å². The van der Waals surface area contributed by atoms with Gasteiger partial charge < -0.3 is 9.97 Å². The van der Waals surface area contributed by atoms with Crippen LogP contribution in [-0.2, 0) is 13.0 Å². The first-order valence-electron chi connectivity index (χ1n) is 10.4. The fourth-order valence-corrected chi connectivity index (χ4v) is 4.97. The first-order chi connectivity index (χ1) is 13.9. The monoisotopic (exact) mass is 385 g/mol. The third kappa shape index (κ3) is 3.08. The summed E-state index contributed by atoms with van der Waals surface area (Å²) in [6.07, 6.45) is 0.997. The second-order valence-electron chi connectivity index (χ2n) is 9.26. The highest BCUT2D eigenvalue weighted by Gasteiger charge is 2.38. The average molecular weight is 386 g/mol. The molecule has 0 spiro atoms. The Bertz CT molecular complexity index is 1260. The van der Waals surface area contributed by atoms with Gasteiger partial charge in [-0.25, -0.2) is 0 Å². The Balaban J connectivity index is 1.58. The van der Waals surface area contributed by atoms with Crippen LogP contribution in [0.1, 0.15) is 43.6 Å². The molecule has 2 N–H and O–H groups in total. The van der Waals surface area contributed by atoms with E-state index in [2.05, 4.69) is 72.0 Å². The van der Waals surface area contributed by atoms with Crippen molar-refractivity contribution < 1.29 is 0 Å². The SMILES string of the molecule is CC(C)(C)[C@@H]1c2[nH]c3ccccc3c2CCN1Cc1cc2ccccc2[nH]c1=O. The van der Waals surface area contributed by atoms with Gasteiger partial charge in [-0.3, -0.25) is 9.69 Å². The number of rotatable bonds is 2. The van der Waals surface area contributed by atoms with Gasteiger partial charge in [0.05, 0.1) is 6.04 Å². The van der Waals surface area contributed by atoms with Crippen LogP contribution >= 0.6 is 0 Å². The molecule has 0 saturated heterocycles. The lowest BCUT2D eigenvalue weighted by atomic mass is 9.79. The van der Waals surface area contributed by atoms with Crippen molar-refractivity contribution in [3.8, 4) is 0 Å². The molecule has 0 radical (unpaired) electrons. The number of nitrogens with one attached hydrogen (secondary N) is 2. The van der Waals surface area contributed by atoms with E-state index in [-0.39, 0.29) is 17.0 Å². The van der Waals surface area contributed by atoms with E-state index < -0.39 is 0 Å². The first kappa shape index (κ1) is 18.2. The van der Waals surface area contributed by atoms with Crippen molar-refractivity contribution in [2.45, 2.75) is 39.8 Å². The molecule has 1 atom stereocenters. The van der Waals surface area contributed by atoms with Crippen LogP contribution in [0.4, 0.5) is 0 Å². The molecule has 0 aliphatic carbocycles. The van der Waals surface area contributed by atoms with Gasteiger partial charge in [0.15, 0.2) is 0 Å². The highest BCUT2D eigenvalue weighted by molar-refractivity contribution is 5.85. The summed E-state index contributed by atoms with van der Waals surface area (Å²) >= 11 is 0. The number of pyridine rings is 1. The molecule has 29 heavy (non-hydrogen) atoms. The van der Waals surface area contributed by atoms with E-state index in [1.54, 1.807) is 0 Å². The number of aromatic amines is 2. The Morgan fingerprint density at radius 2 is 1.72 bits per heavy atom. The number of benzene rings is 2. The third-order valence-electron chi connectivity index (χ3n) is 6.16. The highest BCUT2D eigenvalue weighted by Crippen LogP contribution is 2.44. The average Bonchev–Trinajstić information content (AvgIpc) is 3.05. The molecule has 2 aromatic carbocycles. The molecule has 1 aliphatic rings. The van der Waals surface area contributed by atoms with Crippen LogP contribution in [0.25, 0.3) is 21.8 Å². The van der Waals surface area contributed by atoms with Crippen LogP contribution in [0.15, 0.2) is 59.4 Å². The number of nitrogens with zero attached hydrogens (tertiary/aromatic N) is 1. The molecule has 0 amide bonds. The highest BCUT2D eigenvalue weighted by atomic mass is 16.1. The summed E-state index contributed by atoms with van der Waals surface area (Å²) in [6, 6.07) is 18.8. The van der Waals surface area contributed by atoms with Crippen molar-refractivity contribution in [1.82, 2.24) is 14.9 Å². The van der Waals surface area contributed by atoms with Crippen LogP contribution in [0.2, 0.25) is 0 Å². The van der Waals surface area contributed by atoms with Crippen molar-refractivity contribution >= 4 is 21.8 Å². The summed E-state index contributed by atoms with van der Waals surface area (Å²) in [4.78, 5) is 22.0. The lowest BCUT2D eigenvalue weighted by Crippen LogP contribution is -2.42. The van der Waals surface area contributed by atoms with E-state index in [0.29, 0.717) is 6.54 Å². The normalized spacial score (nSPS) is 17.7. The van der Waals surface area contributed by atoms with Crippen LogP contribution in [-0.4, -0.2) is 21.4 Å². The third-order valence-corrected chi connectivity index (χ3v) is 6.16. The summed E-state index contributed by atoms with van der Waals surface area (Å²) in [6.45, 7) is 8.46. The smallest absolute Gasteiger partial charge is 0.252 e. The Labute approximate surface area is 170 Å². The standard InChI is InChI=1S/C25H27N3O/c1-25(2,3)23-22-19(18-9-5-7-11-21(18)26-22)12-13-28(23)15-17-14-16-8-4-6-10-20(16)27-24(17)29/h4-11,14,23,26H,12-13,15H2,1-3H3,(H,27,29)/t23-/m0/s1. The number of para-hydroxylation sites is 2. The number of hydrogen-bond donors (Lipinski definition) is 2. The molecule has 148 valence electrons. The largest absolute Gasteiger partial charge is 0.357 e. The van der Waals surface area contributed by atoms with Crippen LogP contribution in [0.5, 0.6) is 0 Å². The molecule has 2 aromatic heterocycles. The summed E-state index contributed by atoms with van der Waals surface area (Å²) in [5.41, 5.74) is 5.73. The topological polar surface area (TPSA) is 51.9 Å². The zero-order valence-electron chi connectivity index (χ0n) is 17.3. The molecule has 3 heterocycles. The maximum atomic E-state index is 12.8. The number of aromatic nitrogens is 2. The van der Waals surface area contributed by atoms with Crippen molar-refractivity contribution in [3.05, 3.63) is 81.8 Å². The summed E-state index contributed by atoms with van der Waals surface area (Å²) in [5, 5.41) is 2.41. The number of H-pyrrole nitrogens is 2. The second kappa shape index (κ2) is 6.60. The zero-order chi connectivity index (χ0) is 20.2. The Morgan fingerprint density at radius 3 is 2.52 bits per heavy atom. The van der Waals surface area contributed by atoms with Gasteiger partial charge in [-0.05, 0) is 41.0 Å². The molecule has 1 aliphatic heterocycles. The van der Waals surface area contributed by atoms with E-state index in [1.165, 1.54) is 22.2 Å². The maximum absolute atomic E-state index is 12.8. The number of hydrogen-bond acceptors (Lipinski definition) is 2. The van der Waals surface area contributed by atoms with E-state index in [4.69, 9.17) is 0 Å². The Morgan fingerprint density at radius 1 is 1.00 bits per heavy atom. The van der Waals surface area contributed by atoms with Crippen molar-refractivity contribution in [2.75, 3.05) is 6.54 Å². The minimum absolute atomic E-state index is 0.0128. The molecule has 0 bridgehead atoms. The molecule has 0 saturated carbocycles. The van der Waals surface area contributed by atoms with Crippen molar-refractivity contribution in [3.63, 3.8) is 0 Å². The van der Waals surface area contributed by atoms with Gasteiger partial charge in [-0.2, -0.15) is 0 Å². The molecule has 4 aromatic rings. The minimum atomic E-state index is 0.0128.